The van der Waals surface area contributed by atoms with Crippen LogP contribution in [0.5, 0.6) is 0 Å². The molecule has 0 bridgehead atoms. The zero-order valence-electron chi connectivity index (χ0n) is 12.7. The van der Waals surface area contributed by atoms with Gasteiger partial charge < -0.3 is 10.6 Å². The van der Waals surface area contributed by atoms with Gasteiger partial charge in [0, 0.05) is 0 Å². The van der Waals surface area contributed by atoms with E-state index in [1.807, 2.05) is 6.92 Å². The molecule has 0 heterocycles. The predicted octanol–water partition coefficient (Wildman–Crippen LogP) is 2.67. The van der Waals surface area contributed by atoms with Crippen LogP contribution >= 0.6 is 0 Å². The number of likely N-dealkylation sites (N-methyl/N-ethyl adjacent to an activating group) is 1. The highest BCUT2D eigenvalue weighted by molar-refractivity contribution is 5.81. The average molecular weight is 262 g/mol. The first-order valence-electron chi connectivity index (χ1n) is 7.06. The largest absolute Gasteiger partial charge is 0.348 e. The maximum Gasteiger partial charge on any atom is 0.237 e. The minimum atomic E-state index is -0.170. The molecule has 0 saturated carbocycles. The molecule has 0 aromatic heterocycles. The van der Waals surface area contributed by atoms with Crippen LogP contribution in [0.4, 0.5) is 0 Å². The molecule has 1 aromatic rings. The molecule has 1 aromatic carbocycles. The second-order valence-corrected chi connectivity index (χ2v) is 5.34. The molecular formula is C16H26N2O. The minimum Gasteiger partial charge on any atom is -0.348 e. The Labute approximate surface area is 116 Å². The number of aryl methyl sites for hydroxylation is 1. The van der Waals surface area contributed by atoms with Crippen LogP contribution in [0.1, 0.15) is 44.9 Å². The van der Waals surface area contributed by atoms with Crippen LogP contribution in [-0.4, -0.2) is 19.0 Å². The van der Waals surface area contributed by atoms with Crippen LogP contribution in [-0.2, 0) is 11.2 Å². The van der Waals surface area contributed by atoms with E-state index in [2.05, 4.69) is 55.7 Å². The number of nitrogens with one attached hydrogen (secondary N) is 2. The van der Waals surface area contributed by atoms with Gasteiger partial charge in [-0.25, -0.2) is 0 Å². The molecule has 106 valence electrons. The molecule has 0 aliphatic carbocycles. The number of carbonyl (C=O) groups is 1. The van der Waals surface area contributed by atoms with Crippen molar-refractivity contribution < 1.29 is 4.79 Å². The number of hydrogen-bond donors (Lipinski definition) is 2. The van der Waals surface area contributed by atoms with Crippen molar-refractivity contribution >= 4 is 5.91 Å². The lowest BCUT2D eigenvalue weighted by Crippen LogP contribution is -2.43. The first kappa shape index (κ1) is 15.7. The van der Waals surface area contributed by atoms with Gasteiger partial charge in [-0.05, 0) is 37.4 Å². The van der Waals surface area contributed by atoms with Gasteiger partial charge in [0.1, 0.15) is 0 Å². The minimum absolute atomic E-state index is 0.0424. The van der Waals surface area contributed by atoms with Crippen LogP contribution in [0.3, 0.4) is 0 Å². The van der Waals surface area contributed by atoms with Crippen molar-refractivity contribution in [1.29, 1.82) is 0 Å². The number of carbonyl (C=O) groups excluding carboxylic acids is 1. The molecule has 2 N–H and O–H groups in total. The summed E-state index contributed by atoms with van der Waals surface area (Å²) in [5, 5.41) is 6.09. The summed E-state index contributed by atoms with van der Waals surface area (Å²) in [6.07, 6.45) is 1.04. The molecular weight excluding hydrogens is 236 g/mol. The summed E-state index contributed by atoms with van der Waals surface area (Å²) in [6.45, 7) is 8.27. The van der Waals surface area contributed by atoms with Gasteiger partial charge in [0.15, 0.2) is 0 Å². The molecule has 0 saturated heterocycles. The topological polar surface area (TPSA) is 41.1 Å². The van der Waals surface area contributed by atoms with E-state index in [4.69, 9.17) is 0 Å². The van der Waals surface area contributed by atoms with Crippen LogP contribution in [0.2, 0.25) is 0 Å². The fourth-order valence-corrected chi connectivity index (χ4v) is 2.00. The molecule has 0 aliphatic heterocycles. The molecule has 3 nitrogen and oxygen atoms in total. The zero-order valence-corrected chi connectivity index (χ0v) is 12.7. The summed E-state index contributed by atoms with van der Waals surface area (Å²) in [6, 6.07) is 8.41. The fourth-order valence-electron chi connectivity index (χ4n) is 2.00. The van der Waals surface area contributed by atoms with Crippen molar-refractivity contribution in [3.8, 4) is 0 Å². The van der Waals surface area contributed by atoms with Crippen molar-refractivity contribution in [2.24, 2.45) is 5.92 Å². The summed E-state index contributed by atoms with van der Waals surface area (Å²) in [5.41, 5.74) is 2.49. The second-order valence-electron chi connectivity index (χ2n) is 5.34. The third kappa shape index (κ3) is 4.35. The summed E-state index contributed by atoms with van der Waals surface area (Å²) >= 11 is 0. The van der Waals surface area contributed by atoms with Crippen molar-refractivity contribution in [2.45, 2.75) is 46.2 Å². The van der Waals surface area contributed by atoms with Gasteiger partial charge >= 0.3 is 0 Å². The second kappa shape index (κ2) is 7.29. The Morgan fingerprint density at radius 2 is 1.74 bits per heavy atom. The molecule has 19 heavy (non-hydrogen) atoms. The molecule has 0 spiro atoms. The number of amides is 1. The van der Waals surface area contributed by atoms with E-state index < -0.39 is 0 Å². The Morgan fingerprint density at radius 3 is 2.16 bits per heavy atom. The molecule has 0 radical (unpaired) electrons. The fraction of sp³-hybridized carbons (Fsp3) is 0.562. The zero-order chi connectivity index (χ0) is 14.4. The highest BCUT2D eigenvalue weighted by Crippen LogP contribution is 2.22. The Hall–Kier alpha value is -1.35. The summed E-state index contributed by atoms with van der Waals surface area (Å²) in [5.74, 6) is 0.404. The number of hydrogen-bond acceptors (Lipinski definition) is 2. The third-order valence-corrected chi connectivity index (χ3v) is 3.54. The molecule has 1 rings (SSSR count). The number of rotatable bonds is 6. The molecule has 3 heteroatoms. The lowest BCUT2D eigenvalue weighted by Gasteiger charge is -2.25. The van der Waals surface area contributed by atoms with E-state index in [0.29, 0.717) is 5.92 Å². The van der Waals surface area contributed by atoms with Gasteiger partial charge in [-0.15, -0.1) is 0 Å². The van der Waals surface area contributed by atoms with E-state index in [1.165, 1.54) is 11.1 Å². The van der Waals surface area contributed by atoms with Gasteiger partial charge in [-0.2, -0.15) is 0 Å². The van der Waals surface area contributed by atoms with E-state index >= 15 is 0 Å². The Morgan fingerprint density at radius 1 is 1.16 bits per heavy atom. The van der Waals surface area contributed by atoms with E-state index in [9.17, 15) is 4.79 Å². The monoisotopic (exact) mass is 262 g/mol. The van der Waals surface area contributed by atoms with Crippen LogP contribution < -0.4 is 10.6 Å². The quantitative estimate of drug-likeness (QED) is 0.827. The Bertz CT molecular complexity index is 398. The van der Waals surface area contributed by atoms with Crippen LogP contribution in [0.25, 0.3) is 0 Å². The third-order valence-electron chi connectivity index (χ3n) is 3.54. The van der Waals surface area contributed by atoms with E-state index in [1.54, 1.807) is 7.05 Å². The molecule has 0 fully saturated rings. The van der Waals surface area contributed by atoms with Crippen LogP contribution in [0, 0.1) is 5.92 Å². The summed E-state index contributed by atoms with van der Waals surface area (Å²) in [4.78, 5) is 12.0. The molecule has 0 aliphatic rings. The van der Waals surface area contributed by atoms with Gasteiger partial charge in [-0.1, -0.05) is 45.0 Å². The van der Waals surface area contributed by atoms with E-state index in [0.717, 1.165) is 6.42 Å². The number of benzene rings is 1. The van der Waals surface area contributed by atoms with Crippen LogP contribution in [0.15, 0.2) is 24.3 Å². The summed E-state index contributed by atoms with van der Waals surface area (Å²) < 4.78 is 0. The standard InChI is InChI=1S/C16H26N2O/c1-6-13-7-9-14(10-8-13)15(11(2)3)18-16(19)12(4)17-5/h7-12,15,17H,6H2,1-5H3,(H,18,19). The van der Waals surface area contributed by atoms with Crippen molar-refractivity contribution in [3.63, 3.8) is 0 Å². The SMILES string of the molecule is CCc1ccc(C(NC(=O)C(C)NC)C(C)C)cc1. The highest BCUT2D eigenvalue weighted by Gasteiger charge is 2.20. The average Bonchev–Trinajstić information content (AvgIpc) is 2.43. The summed E-state index contributed by atoms with van der Waals surface area (Å²) in [7, 11) is 1.80. The Kier molecular flexibility index (Phi) is 6.03. The first-order valence-corrected chi connectivity index (χ1v) is 7.06. The van der Waals surface area contributed by atoms with Gasteiger partial charge in [0.05, 0.1) is 12.1 Å². The lowest BCUT2D eigenvalue weighted by atomic mass is 9.94. The van der Waals surface area contributed by atoms with Crippen molar-refractivity contribution in [2.75, 3.05) is 7.05 Å². The van der Waals surface area contributed by atoms with Gasteiger partial charge in [0.2, 0.25) is 5.91 Å². The predicted molar refractivity (Wildman–Crippen MR) is 80.1 cm³/mol. The van der Waals surface area contributed by atoms with Crippen molar-refractivity contribution in [1.82, 2.24) is 10.6 Å². The smallest absolute Gasteiger partial charge is 0.237 e. The van der Waals surface area contributed by atoms with E-state index in [-0.39, 0.29) is 18.0 Å². The lowest BCUT2D eigenvalue weighted by molar-refractivity contribution is -0.123. The first-order chi connectivity index (χ1) is 8.99. The molecule has 2 atom stereocenters. The maximum atomic E-state index is 12.0. The highest BCUT2D eigenvalue weighted by atomic mass is 16.2. The van der Waals surface area contributed by atoms with Gasteiger partial charge in [-0.3, -0.25) is 4.79 Å². The molecule has 1 amide bonds. The van der Waals surface area contributed by atoms with Gasteiger partial charge in [0.25, 0.3) is 0 Å². The molecule has 2 unspecified atom stereocenters. The maximum absolute atomic E-state index is 12.0. The normalized spacial score (nSPS) is 14.2. The van der Waals surface area contributed by atoms with Crippen molar-refractivity contribution in [3.05, 3.63) is 35.4 Å². The Balaban J connectivity index is 2.84.